The number of phenolic OH excluding ortho intramolecular Hbond substituents is 1. The van der Waals surface area contributed by atoms with Gasteiger partial charge in [-0.05, 0) is 29.4 Å². The number of phenols is 1. The molecule has 0 spiro atoms. The van der Waals surface area contributed by atoms with E-state index in [1.165, 1.54) is 89.9 Å². The van der Waals surface area contributed by atoms with Gasteiger partial charge in [-0.25, -0.2) is 0 Å². The summed E-state index contributed by atoms with van der Waals surface area (Å²) >= 11 is 0. The Morgan fingerprint density at radius 2 is 1.05 bits per heavy atom. The molecule has 0 fully saturated rings. The van der Waals surface area contributed by atoms with Gasteiger partial charge in [-0.2, -0.15) is 0 Å². The topological polar surface area (TPSA) is 66.8 Å². The van der Waals surface area contributed by atoms with E-state index in [-0.39, 0.29) is 23.0 Å². The van der Waals surface area contributed by atoms with Gasteiger partial charge in [0.2, 0.25) is 0 Å². The number of aromatic hydroxyl groups is 1. The third-order valence-electron chi connectivity index (χ3n) is 7.72. The van der Waals surface area contributed by atoms with Crippen LogP contribution in [-0.4, -0.2) is 22.3 Å². The fourth-order valence-corrected chi connectivity index (χ4v) is 5.21. The molecule has 0 aliphatic heterocycles. The lowest BCUT2D eigenvalue weighted by molar-refractivity contribution is -0.136. The van der Waals surface area contributed by atoms with Crippen molar-refractivity contribution in [1.82, 2.24) is 0 Å². The highest BCUT2D eigenvalue weighted by molar-refractivity contribution is 5.73. The van der Waals surface area contributed by atoms with Gasteiger partial charge in [0.1, 0.15) is 11.5 Å². The van der Waals surface area contributed by atoms with Crippen LogP contribution in [0.25, 0.3) is 0 Å². The molecular formula is C35H62O4. The molecule has 0 aliphatic rings. The second-order valence-electron chi connectivity index (χ2n) is 13.8. The lowest BCUT2D eigenvalue weighted by atomic mass is 9.79. The van der Waals surface area contributed by atoms with Crippen molar-refractivity contribution in [3.63, 3.8) is 0 Å². The zero-order valence-corrected chi connectivity index (χ0v) is 26.7. The molecule has 1 aromatic carbocycles. The second kappa shape index (κ2) is 18.7. The minimum absolute atomic E-state index is 0.00464. The van der Waals surface area contributed by atoms with Gasteiger partial charge in [-0.15, -0.1) is 0 Å². The number of carbonyl (C=O) groups excluding carboxylic acids is 1. The maximum atomic E-state index is 12.6. The van der Waals surface area contributed by atoms with Crippen LogP contribution >= 0.6 is 0 Å². The number of aliphatic hydroxyl groups is 1. The molecule has 0 amide bonds. The smallest absolute Gasteiger partial charge is 0.313 e. The second-order valence-corrected chi connectivity index (χ2v) is 13.8. The van der Waals surface area contributed by atoms with E-state index in [2.05, 4.69) is 6.92 Å². The van der Waals surface area contributed by atoms with Crippen molar-refractivity contribution < 1.29 is 19.7 Å². The Bertz CT molecular complexity index is 765. The summed E-state index contributed by atoms with van der Waals surface area (Å²) in [6, 6.07) is 3.51. The monoisotopic (exact) mass is 546 g/mol. The average Bonchev–Trinajstić information content (AvgIpc) is 2.83. The van der Waals surface area contributed by atoms with Gasteiger partial charge in [0.25, 0.3) is 0 Å². The summed E-state index contributed by atoms with van der Waals surface area (Å²) in [5.41, 5.74) is 0.927. The largest absolute Gasteiger partial charge is 0.507 e. The molecule has 1 atom stereocenters. The van der Waals surface area contributed by atoms with Crippen LogP contribution in [0.1, 0.15) is 175 Å². The van der Waals surface area contributed by atoms with Gasteiger partial charge < -0.3 is 14.9 Å². The van der Waals surface area contributed by atoms with E-state index < -0.39 is 12.1 Å². The molecule has 0 saturated carbocycles. The van der Waals surface area contributed by atoms with Crippen LogP contribution < -0.4 is 4.74 Å². The molecular weight excluding hydrogens is 484 g/mol. The Morgan fingerprint density at radius 3 is 1.41 bits per heavy atom. The van der Waals surface area contributed by atoms with Crippen LogP contribution in [0, 0.1) is 0 Å². The molecule has 4 heteroatoms. The normalized spacial score (nSPS) is 13.0. The van der Waals surface area contributed by atoms with E-state index in [4.69, 9.17) is 4.74 Å². The van der Waals surface area contributed by atoms with Crippen LogP contribution in [0.15, 0.2) is 12.1 Å². The third-order valence-corrected chi connectivity index (χ3v) is 7.72. The standard InChI is InChI=1S/C35H62O4/c1-8-9-10-11-12-13-14-15-16-17-18-19-20-21-22-23-24-28(36)25-32(37)39-29-26-30(34(2,3)4)33(38)31(27-29)35(5,6)7/h26-28,36,38H,8-25H2,1-7H3. The van der Waals surface area contributed by atoms with E-state index in [1.807, 2.05) is 41.5 Å². The summed E-state index contributed by atoms with van der Waals surface area (Å²) in [6.45, 7) is 14.5. The van der Waals surface area contributed by atoms with Crippen molar-refractivity contribution in [3.8, 4) is 11.5 Å². The number of esters is 1. The quantitative estimate of drug-likeness (QED) is 0.0969. The lowest BCUT2D eigenvalue weighted by Crippen LogP contribution is -2.20. The molecule has 39 heavy (non-hydrogen) atoms. The van der Waals surface area contributed by atoms with Gasteiger partial charge in [-0.1, -0.05) is 151 Å². The molecule has 1 aromatic rings. The molecule has 226 valence electrons. The minimum Gasteiger partial charge on any atom is -0.507 e. The van der Waals surface area contributed by atoms with Crippen LogP contribution in [0.2, 0.25) is 0 Å². The van der Waals surface area contributed by atoms with E-state index in [0.29, 0.717) is 12.2 Å². The number of benzene rings is 1. The number of ether oxygens (including phenoxy) is 1. The van der Waals surface area contributed by atoms with Crippen molar-refractivity contribution >= 4 is 5.97 Å². The molecule has 2 N–H and O–H groups in total. The maximum Gasteiger partial charge on any atom is 0.313 e. The number of hydrogen-bond acceptors (Lipinski definition) is 4. The summed E-state index contributed by atoms with van der Waals surface area (Å²) in [7, 11) is 0. The van der Waals surface area contributed by atoms with Crippen molar-refractivity contribution in [2.24, 2.45) is 0 Å². The Labute approximate surface area is 241 Å². The van der Waals surface area contributed by atoms with Crippen molar-refractivity contribution in [2.45, 2.75) is 181 Å². The van der Waals surface area contributed by atoms with Crippen molar-refractivity contribution in [1.29, 1.82) is 0 Å². The fraction of sp³-hybridized carbons (Fsp3) is 0.800. The molecule has 0 saturated heterocycles. The molecule has 0 bridgehead atoms. The molecule has 4 nitrogen and oxygen atoms in total. The van der Waals surface area contributed by atoms with Crippen molar-refractivity contribution in [3.05, 3.63) is 23.3 Å². The van der Waals surface area contributed by atoms with Crippen molar-refractivity contribution in [2.75, 3.05) is 0 Å². The minimum atomic E-state index is -0.676. The first-order valence-electron chi connectivity index (χ1n) is 16.1. The summed E-state index contributed by atoms with van der Waals surface area (Å²) < 4.78 is 5.63. The molecule has 0 radical (unpaired) electrons. The van der Waals surface area contributed by atoms with Crippen LogP contribution in [0.3, 0.4) is 0 Å². The Kier molecular flexibility index (Phi) is 17.0. The zero-order valence-electron chi connectivity index (χ0n) is 26.7. The predicted molar refractivity (Wildman–Crippen MR) is 166 cm³/mol. The lowest BCUT2D eigenvalue weighted by Gasteiger charge is -2.28. The highest BCUT2D eigenvalue weighted by Crippen LogP contribution is 2.41. The molecule has 0 aromatic heterocycles. The van der Waals surface area contributed by atoms with E-state index in [0.717, 1.165) is 24.0 Å². The number of carbonyl (C=O) groups is 1. The number of unbranched alkanes of at least 4 members (excludes halogenated alkanes) is 15. The van der Waals surface area contributed by atoms with Gasteiger partial charge in [0.05, 0.1) is 12.5 Å². The number of rotatable bonds is 20. The Hall–Kier alpha value is -1.55. The summed E-state index contributed by atoms with van der Waals surface area (Å²) in [6.07, 6.45) is 21.1. The number of aliphatic hydroxyl groups excluding tert-OH is 1. The first kappa shape index (κ1) is 35.5. The summed E-state index contributed by atoms with van der Waals surface area (Å²) in [5.74, 6) is 0.269. The Morgan fingerprint density at radius 1 is 0.692 bits per heavy atom. The fourth-order valence-electron chi connectivity index (χ4n) is 5.21. The zero-order chi connectivity index (χ0) is 29.3. The molecule has 1 unspecified atom stereocenters. The number of hydrogen-bond donors (Lipinski definition) is 2. The predicted octanol–water partition coefficient (Wildman–Crippen LogP) is 10.3. The van der Waals surface area contributed by atoms with Gasteiger partial charge in [-0.3, -0.25) is 4.79 Å². The Balaban J connectivity index is 2.21. The highest BCUT2D eigenvalue weighted by atomic mass is 16.5. The van der Waals surface area contributed by atoms with Gasteiger partial charge in [0, 0.05) is 11.1 Å². The SMILES string of the molecule is CCCCCCCCCCCCCCCCCCC(O)CC(=O)Oc1cc(C(C)(C)C)c(O)c(C(C)(C)C)c1. The highest BCUT2D eigenvalue weighted by Gasteiger charge is 2.27. The van der Waals surface area contributed by atoms with Crippen LogP contribution in [0.4, 0.5) is 0 Å². The van der Waals surface area contributed by atoms with Gasteiger partial charge >= 0.3 is 5.97 Å². The van der Waals surface area contributed by atoms with Crippen LogP contribution in [0.5, 0.6) is 11.5 Å². The third kappa shape index (κ3) is 15.7. The summed E-state index contributed by atoms with van der Waals surface area (Å²) in [4.78, 5) is 12.6. The van der Waals surface area contributed by atoms with E-state index in [9.17, 15) is 15.0 Å². The first-order valence-corrected chi connectivity index (χ1v) is 16.1. The van der Waals surface area contributed by atoms with Crippen LogP contribution in [-0.2, 0) is 15.6 Å². The van der Waals surface area contributed by atoms with E-state index >= 15 is 0 Å². The maximum absolute atomic E-state index is 12.6. The average molecular weight is 547 g/mol. The summed E-state index contributed by atoms with van der Waals surface area (Å²) in [5, 5.41) is 21.2. The van der Waals surface area contributed by atoms with E-state index in [1.54, 1.807) is 12.1 Å². The molecule has 0 aliphatic carbocycles. The van der Waals surface area contributed by atoms with Gasteiger partial charge in [0.15, 0.2) is 0 Å². The first-order chi connectivity index (χ1) is 18.4. The molecule has 0 heterocycles. The molecule has 1 rings (SSSR count).